The maximum atomic E-state index is 11.5. The van der Waals surface area contributed by atoms with E-state index in [1.165, 1.54) is 0 Å². The molecule has 5 N–H and O–H groups in total. The zero-order chi connectivity index (χ0) is 13.5. The molecule has 0 bridgehead atoms. The van der Waals surface area contributed by atoms with E-state index in [1.807, 2.05) is 0 Å². The highest BCUT2D eigenvalue weighted by molar-refractivity contribution is 7.99. The van der Waals surface area contributed by atoms with Gasteiger partial charge in [-0.2, -0.15) is 11.8 Å². The van der Waals surface area contributed by atoms with Crippen molar-refractivity contribution in [1.82, 2.24) is 10.6 Å². The first-order valence-corrected chi connectivity index (χ1v) is 6.80. The Kier molecular flexibility index (Phi) is 5.76. The standard InChI is InChI=1S/C10H17N3O4S/c11-8(14)2-1-7(9(15)16)13-10(17)12-6-3-4-18-5-6/h6-7H,1-5H2,(H2,11,14)(H,15,16)(H2,12,13,17)/t6?,7-/m0/s1. The van der Waals surface area contributed by atoms with Gasteiger partial charge in [0, 0.05) is 18.2 Å². The zero-order valence-corrected chi connectivity index (χ0v) is 10.7. The molecular formula is C10H17N3O4S. The fourth-order valence-corrected chi connectivity index (χ4v) is 2.73. The van der Waals surface area contributed by atoms with Crippen LogP contribution in [0.15, 0.2) is 0 Å². The molecular weight excluding hydrogens is 258 g/mol. The number of carbonyl (C=O) groups is 3. The van der Waals surface area contributed by atoms with Crippen LogP contribution in [-0.2, 0) is 9.59 Å². The van der Waals surface area contributed by atoms with Crippen molar-refractivity contribution in [2.75, 3.05) is 11.5 Å². The Labute approximate surface area is 109 Å². The van der Waals surface area contributed by atoms with Crippen LogP contribution in [0.3, 0.4) is 0 Å². The first-order chi connectivity index (χ1) is 8.49. The minimum absolute atomic E-state index is 0.00248. The summed E-state index contributed by atoms with van der Waals surface area (Å²) < 4.78 is 0. The molecule has 1 saturated heterocycles. The summed E-state index contributed by atoms with van der Waals surface area (Å²) in [7, 11) is 0. The van der Waals surface area contributed by atoms with Crippen LogP contribution in [0.4, 0.5) is 4.79 Å². The number of urea groups is 1. The van der Waals surface area contributed by atoms with Gasteiger partial charge in [-0.1, -0.05) is 0 Å². The van der Waals surface area contributed by atoms with Crippen molar-refractivity contribution in [3.05, 3.63) is 0 Å². The second-order valence-electron chi connectivity index (χ2n) is 4.07. The van der Waals surface area contributed by atoms with Gasteiger partial charge in [0.2, 0.25) is 5.91 Å². The molecule has 8 heteroatoms. The Morgan fingerprint density at radius 2 is 2.17 bits per heavy atom. The normalized spacial score (nSPS) is 20.1. The molecule has 1 rings (SSSR count). The molecule has 3 amide bonds. The SMILES string of the molecule is NC(=O)CC[C@H](NC(=O)NC1CCSC1)C(=O)O. The van der Waals surface area contributed by atoms with Gasteiger partial charge in [0.15, 0.2) is 0 Å². The molecule has 0 aromatic carbocycles. The third-order valence-electron chi connectivity index (χ3n) is 2.55. The van der Waals surface area contributed by atoms with E-state index in [9.17, 15) is 14.4 Å². The Bertz CT molecular complexity index is 331. The van der Waals surface area contributed by atoms with Crippen molar-refractivity contribution in [3.8, 4) is 0 Å². The topological polar surface area (TPSA) is 122 Å². The molecule has 7 nitrogen and oxygen atoms in total. The molecule has 0 aromatic rings. The number of hydrogen-bond acceptors (Lipinski definition) is 4. The molecule has 1 heterocycles. The molecule has 18 heavy (non-hydrogen) atoms. The number of aliphatic carboxylic acids is 1. The first kappa shape index (κ1) is 14.6. The van der Waals surface area contributed by atoms with Crippen molar-refractivity contribution in [2.45, 2.75) is 31.3 Å². The number of nitrogens with one attached hydrogen (secondary N) is 2. The van der Waals surface area contributed by atoms with E-state index in [-0.39, 0.29) is 18.9 Å². The van der Waals surface area contributed by atoms with Crippen LogP contribution >= 0.6 is 11.8 Å². The molecule has 0 aromatic heterocycles. The second kappa shape index (κ2) is 7.10. The van der Waals surface area contributed by atoms with Crippen LogP contribution in [0.25, 0.3) is 0 Å². The minimum Gasteiger partial charge on any atom is -0.480 e. The van der Waals surface area contributed by atoms with Crippen LogP contribution in [0.2, 0.25) is 0 Å². The van der Waals surface area contributed by atoms with Crippen LogP contribution in [0, 0.1) is 0 Å². The van der Waals surface area contributed by atoms with Crippen LogP contribution in [-0.4, -0.2) is 46.6 Å². The third kappa shape index (κ3) is 5.26. The van der Waals surface area contributed by atoms with Crippen molar-refractivity contribution in [2.24, 2.45) is 5.73 Å². The Balaban J connectivity index is 2.36. The predicted molar refractivity (Wildman–Crippen MR) is 67.2 cm³/mol. The van der Waals surface area contributed by atoms with E-state index in [4.69, 9.17) is 10.8 Å². The lowest BCUT2D eigenvalue weighted by molar-refractivity contribution is -0.139. The summed E-state index contributed by atoms with van der Waals surface area (Å²) in [5, 5.41) is 13.9. The van der Waals surface area contributed by atoms with Gasteiger partial charge in [0.1, 0.15) is 6.04 Å². The fourth-order valence-electron chi connectivity index (χ4n) is 1.58. The summed E-state index contributed by atoms with van der Waals surface area (Å²) in [5.74, 6) is 0.0735. The lowest BCUT2D eigenvalue weighted by Gasteiger charge is -2.17. The molecule has 0 radical (unpaired) electrons. The number of primary amides is 1. The van der Waals surface area contributed by atoms with Crippen LogP contribution in [0.5, 0.6) is 0 Å². The average molecular weight is 275 g/mol. The smallest absolute Gasteiger partial charge is 0.326 e. The van der Waals surface area contributed by atoms with E-state index >= 15 is 0 Å². The molecule has 1 aliphatic heterocycles. The second-order valence-corrected chi connectivity index (χ2v) is 5.22. The van der Waals surface area contributed by atoms with Gasteiger partial charge in [-0.25, -0.2) is 9.59 Å². The molecule has 1 unspecified atom stereocenters. The first-order valence-electron chi connectivity index (χ1n) is 5.65. The van der Waals surface area contributed by atoms with Gasteiger partial charge in [-0.15, -0.1) is 0 Å². The van der Waals surface area contributed by atoms with E-state index < -0.39 is 23.9 Å². The number of nitrogens with two attached hydrogens (primary N) is 1. The maximum Gasteiger partial charge on any atom is 0.326 e. The summed E-state index contributed by atoms with van der Waals surface area (Å²) in [6.45, 7) is 0. The highest BCUT2D eigenvalue weighted by atomic mass is 32.2. The number of amides is 3. The molecule has 1 fully saturated rings. The number of carbonyl (C=O) groups excluding carboxylic acids is 2. The van der Waals surface area contributed by atoms with E-state index in [0.717, 1.165) is 17.9 Å². The van der Waals surface area contributed by atoms with Crippen LogP contribution in [0.1, 0.15) is 19.3 Å². The van der Waals surface area contributed by atoms with Gasteiger partial charge in [0.25, 0.3) is 0 Å². The van der Waals surface area contributed by atoms with E-state index in [2.05, 4.69) is 10.6 Å². The van der Waals surface area contributed by atoms with Crippen molar-refractivity contribution < 1.29 is 19.5 Å². The fraction of sp³-hybridized carbons (Fsp3) is 0.700. The number of hydrogen-bond donors (Lipinski definition) is 4. The summed E-state index contributed by atoms with van der Waals surface area (Å²) in [5.41, 5.74) is 4.94. The van der Waals surface area contributed by atoms with Gasteiger partial charge in [-0.05, 0) is 18.6 Å². The van der Waals surface area contributed by atoms with Gasteiger partial charge >= 0.3 is 12.0 Å². The van der Waals surface area contributed by atoms with E-state index in [0.29, 0.717) is 0 Å². The molecule has 0 aliphatic carbocycles. The minimum atomic E-state index is -1.17. The highest BCUT2D eigenvalue weighted by Gasteiger charge is 2.23. The molecule has 2 atom stereocenters. The molecule has 0 saturated carbocycles. The summed E-state index contributed by atoms with van der Waals surface area (Å²) in [6, 6.07) is -1.52. The van der Waals surface area contributed by atoms with Gasteiger partial charge in [-0.3, -0.25) is 4.79 Å². The molecule has 102 valence electrons. The van der Waals surface area contributed by atoms with Crippen molar-refractivity contribution >= 4 is 29.7 Å². The predicted octanol–water partition coefficient (Wildman–Crippen LogP) is -0.490. The largest absolute Gasteiger partial charge is 0.480 e. The lowest BCUT2D eigenvalue weighted by atomic mass is 10.1. The van der Waals surface area contributed by atoms with Crippen molar-refractivity contribution in [1.29, 1.82) is 0 Å². The maximum absolute atomic E-state index is 11.5. The van der Waals surface area contributed by atoms with Gasteiger partial charge in [0.05, 0.1) is 0 Å². The van der Waals surface area contributed by atoms with Crippen molar-refractivity contribution in [3.63, 3.8) is 0 Å². The molecule has 0 spiro atoms. The van der Waals surface area contributed by atoms with Gasteiger partial charge < -0.3 is 21.5 Å². The number of carboxylic acids is 1. The Hall–Kier alpha value is -1.44. The highest BCUT2D eigenvalue weighted by Crippen LogP contribution is 2.16. The lowest BCUT2D eigenvalue weighted by Crippen LogP contribution is -2.49. The van der Waals surface area contributed by atoms with Crippen LogP contribution < -0.4 is 16.4 Å². The zero-order valence-electron chi connectivity index (χ0n) is 9.85. The Morgan fingerprint density at radius 1 is 1.44 bits per heavy atom. The monoisotopic (exact) mass is 275 g/mol. The average Bonchev–Trinajstić information content (AvgIpc) is 2.76. The summed E-state index contributed by atoms with van der Waals surface area (Å²) >= 11 is 1.74. The number of rotatable bonds is 6. The third-order valence-corrected chi connectivity index (χ3v) is 3.71. The quantitative estimate of drug-likeness (QED) is 0.521. The number of thioether (sulfide) groups is 1. The summed E-state index contributed by atoms with van der Waals surface area (Å²) in [6.07, 6.45) is 0.811. The Morgan fingerprint density at radius 3 is 2.67 bits per heavy atom. The number of carboxylic acid groups (broad SMARTS) is 1. The van der Waals surface area contributed by atoms with E-state index in [1.54, 1.807) is 11.8 Å². The summed E-state index contributed by atoms with van der Waals surface area (Å²) in [4.78, 5) is 33.0. The molecule has 1 aliphatic rings.